The molecule has 0 bridgehead atoms. The Bertz CT molecular complexity index is 1100. The first-order valence-electron chi connectivity index (χ1n) is 8.17. The molecule has 0 aliphatic carbocycles. The summed E-state index contributed by atoms with van der Waals surface area (Å²) in [5.74, 6) is 0.111. The van der Waals surface area contributed by atoms with Crippen molar-refractivity contribution >= 4 is 22.7 Å². The quantitative estimate of drug-likeness (QED) is 0.525. The highest BCUT2D eigenvalue weighted by molar-refractivity contribution is 6.04. The first-order valence-corrected chi connectivity index (χ1v) is 8.17. The van der Waals surface area contributed by atoms with Crippen LogP contribution in [0.25, 0.3) is 22.6 Å². The predicted octanol–water partition coefficient (Wildman–Crippen LogP) is 4.76. The van der Waals surface area contributed by atoms with E-state index in [1.807, 2.05) is 31.2 Å². The molecule has 2 N–H and O–H groups in total. The fourth-order valence-corrected chi connectivity index (χ4v) is 2.73. The van der Waals surface area contributed by atoms with E-state index >= 15 is 0 Å². The Labute approximate surface area is 149 Å². The van der Waals surface area contributed by atoms with Crippen molar-refractivity contribution in [3.63, 3.8) is 0 Å². The number of oxazole rings is 1. The Kier molecular flexibility index (Phi) is 3.89. The Morgan fingerprint density at radius 3 is 2.65 bits per heavy atom. The van der Waals surface area contributed by atoms with E-state index in [4.69, 9.17) is 4.42 Å². The molecule has 0 fully saturated rings. The highest BCUT2D eigenvalue weighted by Crippen LogP contribution is 2.33. The van der Waals surface area contributed by atoms with Gasteiger partial charge in [0.15, 0.2) is 5.58 Å². The number of aromatic nitrogens is 1. The third-order valence-corrected chi connectivity index (χ3v) is 4.06. The molecule has 0 saturated carbocycles. The van der Waals surface area contributed by atoms with E-state index in [-0.39, 0.29) is 11.7 Å². The van der Waals surface area contributed by atoms with Crippen molar-refractivity contribution < 1.29 is 14.3 Å². The molecule has 0 aliphatic rings. The van der Waals surface area contributed by atoms with E-state index in [1.54, 1.807) is 36.4 Å². The normalized spacial score (nSPS) is 10.8. The summed E-state index contributed by atoms with van der Waals surface area (Å²) in [4.78, 5) is 16.8. The summed E-state index contributed by atoms with van der Waals surface area (Å²) in [7, 11) is 0. The monoisotopic (exact) mass is 344 g/mol. The van der Waals surface area contributed by atoms with Gasteiger partial charge in [0.25, 0.3) is 5.91 Å². The fraction of sp³-hybridized carbons (Fsp3) is 0.0476. The number of nitrogens with one attached hydrogen (secondary N) is 1. The standard InChI is InChI=1S/C21H16N2O3/c1-13-7-10-19-17(11-13)23-21(26-19)16-12-15(8-9-18(16)24)22-20(25)14-5-3-2-4-6-14/h2-12,24H,1H3,(H,22,25). The van der Waals surface area contributed by atoms with E-state index in [0.717, 1.165) is 11.1 Å². The number of rotatable bonds is 3. The Hall–Kier alpha value is -3.60. The largest absolute Gasteiger partial charge is 0.507 e. The van der Waals surface area contributed by atoms with E-state index in [9.17, 15) is 9.90 Å². The minimum absolute atomic E-state index is 0.0333. The van der Waals surface area contributed by atoms with E-state index in [2.05, 4.69) is 10.3 Å². The van der Waals surface area contributed by atoms with Gasteiger partial charge in [-0.2, -0.15) is 0 Å². The van der Waals surface area contributed by atoms with Crippen LogP contribution in [0, 0.1) is 6.92 Å². The average molecular weight is 344 g/mol. The molecule has 1 amide bonds. The molecular weight excluding hydrogens is 328 g/mol. The molecule has 0 unspecified atom stereocenters. The van der Waals surface area contributed by atoms with Crippen LogP contribution in [0.2, 0.25) is 0 Å². The molecule has 3 aromatic carbocycles. The first kappa shape index (κ1) is 15.9. The minimum atomic E-state index is -0.226. The molecule has 4 aromatic rings. The van der Waals surface area contributed by atoms with Crippen LogP contribution >= 0.6 is 0 Å². The molecule has 26 heavy (non-hydrogen) atoms. The summed E-state index contributed by atoms with van der Waals surface area (Å²) >= 11 is 0. The van der Waals surface area contributed by atoms with Gasteiger partial charge in [-0.05, 0) is 55.0 Å². The van der Waals surface area contributed by atoms with Gasteiger partial charge in [0.2, 0.25) is 5.89 Å². The number of fused-ring (bicyclic) bond motifs is 1. The predicted molar refractivity (Wildman–Crippen MR) is 100 cm³/mol. The molecular formula is C21H16N2O3. The van der Waals surface area contributed by atoms with Crippen LogP contribution < -0.4 is 5.32 Å². The van der Waals surface area contributed by atoms with Crippen LogP contribution in [0.15, 0.2) is 71.1 Å². The molecule has 1 heterocycles. The topological polar surface area (TPSA) is 75.4 Å². The molecule has 128 valence electrons. The number of anilines is 1. The SMILES string of the molecule is Cc1ccc2oc(-c3cc(NC(=O)c4ccccc4)ccc3O)nc2c1. The number of phenolic OH excluding ortho intramolecular Hbond substituents is 1. The number of nitrogens with zero attached hydrogens (tertiary/aromatic N) is 1. The van der Waals surface area contributed by atoms with Gasteiger partial charge in [0.05, 0.1) is 5.56 Å². The summed E-state index contributed by atoms with van der Waals surface area (Å²) in [6, 6.07) is 19.4. The maximum absolute atomic E-state index is 12.3. The number of hydrogen-bond acceptors (Lipinski definition) is 4. The Morgan fingerprint density at radius 2 is 1.85 bits per heavy atom. The number of hydrogen-bond donors (Lipinski definition) is 2. The van der Waals surface area contributed by atoms with Gasteiger partial charge in [0, 0.05) is 11.3 Å². The lowest BCUT2D eigenvalue weighted by molar-refractivity contribution is 0.102. The van der Waals surface area contributed by atoms with Gasteiger partial charge in [-0.1, -0.05) is 24.3 Å². The molecule has 0 aliphatic heterocycles. The van der Waals surface area contributed by atoms with E-state index in [0.29, 0.717) is 28.3 Å². The minimum Gasteiger partial charge on any atom is -0.507 e. The molecule has 5 heteroatoms. The average Bonchev–Trinajstić information content (AvgIpc) is 3.07. The lowest BCUT2D eigenvalue weighted by atomic mass is 10.1. The van der Waals surface area contributed by atoms with Crippen molar-refractivity contribution in [3.8, 4) is 17.2 Å². The van der Waals surface area contributed by atoms with Gasteiger partial charge < -0.3 is 14.8 Å². The van der Waals surface area contributed by atoms with Crippen molar-refractivity contribution in [1.29, 1.82) is 0 Å². The number of phenols is 1. The van der Waals surface area contributed by atoms with Gasteiger partial charge in [-0.3, -0.25) is 4.79 Å². The van der Waals surface area contributed by atoms with Crippen molar-refractivity contribution in [2.24, 2.45) is 0 Å². The third kappa shape index (κ3) is 3.02. The van der Waals surface area contributed by atoms with Gasteiger partial charge in [-0.25, -0.2) is 4.98 Å². The number of amides is 1. The van der Waals surface area contributed by atoms with Crippen LogP contribution in [-0.4, -0.2) is 16.0 Å². The Morgan fingerprint density at radius 1 is 1.04 bits per heavy atom. The summed E-state index contributed by atoms with van der Waals surface area (Å²) < 4.78 is 5.75. The zero-order valence-electron chi connectivity index (χ0n) is 14.1. The number of aromatic hydroxyl groups is 1. The van der Waals surface area contributed by atoms with Gasteiger partial charge in [-0.15, -0.1) is 0 Å². The fourth-order valence-electron chi connectivity index (χ4n) is 2.73. The van der Waals surface area contributed by atoms with Crippen molar-refractivity contribution in [2.45, 2.75) is 6.92 Å². The second-order valence-electron chi connectivity index (χ2n) is 6.04. The lowest BCUT2D eigenvalue weighted by Crippen LogP contribution is -2.11. The summed E-state index contributed by atoms with van der Waals surface area (Å²) in [5, 5.41) is 13.0. The number of carbonyl (C=O) groups excluding carboxylic acids is 1. The molecule has 0 saturated heterocycles. The second kappa shape index (κ2) is 6.37. The third-order valence-electron chi connectivity index (χ3n) is 4.06. The van der Waals surface area contributed by atoms with Crippen molar-refractivity contribution in [1.82, 2.24) is 4.98 Å². The zero-order chi connectivity index (χ0) is 18.1. The van der Waals surface area contributed by atoms with Crippen molar-refractivity contribution in [2.75, 3.05) is 5.32 Å². The highest BCUT2D eigenvalue weighted by atomic mass is 16.3. The smallest absolute Gasteiger partial charge is 0.255 e. The van der Waals surface area contributed by atoms with E-state index < -0.39 is 0 Å². The first-order chi connectivity index (χ1) is 12.6. The maximum Gasteiger partial charge on any atom is 0.255 e. The number of aryl methyl sites for hydroxylation is 1. The van der Waals surface area contributed by atoms with Gasteiger partial charge >= 0.3 is 0 Å². The molecule has 1 aromatic heterocycles. The molecule has 0 radical (unpaired) electrons. The number of benzene rings is 3. The maximum atomic E-state index is 12.3. The molecule has 0 atom stereocenters. The summed E-state index contributed by atoms with van der Waals surface area (Å²) in [6.45, 7) is 1.98. The summed E-state index contributed by atoms with van der Waals surface area (Å²) in [5.41, 5.74) is 3.96. The highest BCUT2D eigenvalue weighted by Gasteiger charge is 2.14. The zero-order valence-corrected chi connectivity index (χ0v) is 14.1. The van der Waals surface area contributed by atoms with Crippen LogP contribution in [0.5, 0.6) is 5.75 Å². The molecule has 0 spiro atoms. The second-order valence-corrected chi connectivity index (χ2v) is 6.04. The van der Waals surface area contributed by atoms with Crippen LogP contribution in [0.4, 0.5) is 5.69 Å². The molecule has 5 nitrogen and oxygen atoms in total. The summed E-state index contributed by atoms with van der Waals surface area (Å²) in [6.07, 6.45) is 0. The van der Waals surface area contributed by atoms with Crippen molar-refractivity contribution in [3.05, 3.63) is 77.9 Å². The van der Waals surface area contributed by atoms with Crippen LogP contribution in [-0.2, 0) is 0 Å². The van der Waals surface area contributed by atoms with E-state index in [1.165, 1.54) is 6.07 Å². The lowest BCUT2D eigenvalue weighted by Gasteiger charge is -2.07. The Balaban J connectivity index is 1.68. The van der Waals surface area contributed by atoms with Crippen LogP contribution in [0.1, 0.15) is 15.9 Å². The van der Waals surface area contributed by atoms with Crippen LogP contribution in [0.3, 0.4) is 0 Å². The molecule has 4 rings (SSSR count). The number of carbonyl (C=O) groups is 1. The van der Waals surface area contributed by atoms with Gasteiger partial charge in [0.1, 0.15) is 11.3 Å².